The SMILES string of the molecule is Cc1ccc(C)c(OCc2sccc2C#CCN)c1. The standard InChI is InChI=1S/C16H17NOS/c1-12-5-6-13(2)15(10-12)18-11-16-14(4-3-8-17)7-9-19-16/h5-7,9-10H,8,11,17H2,1-2H3. The van der Waals surface area contributed by atoms with E-state index in [2.05, 4.69) is 43.9 Å². The van der Waals surface area contributed by atoms with Gasteiger partial charge in [0.15, 0.2) is 0 Å². The van der Waals surface area contributed by atoms with Crippen LogP contribution in [-0.2, 0) is 6.61 Å². The Kier molecular flexibility index (Phi) is 4.62. The molecule has 3 heteroatoms. The second kappa shape index (κ2) is 6.42. The number of rotatable bonds is 3. The van der Waals surface area contributed by atoms with Crippen LogP contribution in [-0.4, -0.2) is 6.54 Å². The van der Waals surface area contributed by atoms with Crippen LogP contribution in [0.2, 0.25) is 0 Å². The highest BCUT2D eigenvalue weighted by molar-refractivity contribution is 7.10. The van der Waals surface area contributed by atoms with E-state index in [1.807, 2.05) is 11.4 Å². The zero-order valence-electron chi connectivity index (χ0n) is 11.2. The van der Waals surface area contributed by atoms with Gasteiger partial charge in [0.1, 0.15) is 12.4 Å². The van der Waals surface area contributed by atoms with Crippen LogP contribution in [0.4, 0.5) is 0 Å². The third-order valence-electron chi connectivity index (χ3n) is 2.77. The van der Waals surface area contributed by atoms with E-state index in [-0.39, 0.29) is 0 Å². The van der Waals surface area contributed by atoms with Crippen LogP contribution in [0.1, 0.15) is 21.6 Å². The molecule has 2 rings (SSSR count). The molecule has 0 aliphatic carbocycles. The Labute approximate surface area is 118 Å². The Hall–Kier alpha value is -1.76. The number of hydrogen-bond donors (Lipinski definition) is 1. The Morgan fingerprint density at radius 1 is 1.26 bits per heavy atom. The van der Waals surface area contributed by atoms with Gasteiger partial charge in [-0.25, -0.2) is 0 Å². The van der Waals surface area contributed by atoms with Gasteiger partial charge in [0.25, 0.3) is 0 Å². The van der Waals surface area contributed by atoms with Gasteiger partial charge in [0, 0.05) is 5.56 Å². The monoisotopic (exact) mass is 271 g/mol. The van der Waals surface area contributed by atoms with Crippen molar-refractivity contribution in [1.29, 1.82) is 0 Å². The van der Waals surface area contributed by atoms with Crippen LogP contribution in [0.3, 0.4) is 0 Å². The molecular formula is C16H17NOS. The van der Waals surface area contributed by atoms with Crippen LogP contribution in [0.25, 0.3) is 0 Å². The molecule has 2 aromatic rings. The summed E-state index contributed by atoms with van der Waals surface area (Å²) in [4.78, 5) is 1.14. The highest BCUT2D eigenvalue weighted by Gasteiger charge is 2.05. The van der Waals surface area contributed by atoms with Crippen LogP contribution in [0.5, 0.6) is 5.75 Å². The molecule has 0 unspecified atom stereocenters. The summed E-state index contributed by atoms with van der Waals surface area (Å²) in [6, 6.07) is 8.24. The molecule has 0 bridgehead atoms. The molecule has 0 aliphatic heterocycles. The summed E-state index contributed by atoms with van der Waals surface area (Å²) in [5, 5.41) is 2.03. The van der Waals surface area contributed by atoms with Crippen molar-refractivity contribution < 1.29 is 4.74 Å². The highest BCUT2D eigenvalue weighted by atomic mass is 32.1. The van der Waals surface area contributed by atoms with Gasteiger partial charge in [-0.15, -0.1) is 11.3 Å². The van der Waals surface area contributed by atoms with E-state index in [1.165, 1.54) is 5.56 Å². The molecule has 0 saturated carbocycles. The lowest BCUT2D eigenvalue weighted by Gasteiger charge is -2.09. The van der Waals surface area contributed by atoms with E-state index in [0.29, 0.717) is 13.2 Å². The second-order valence-electron chi connectivity index (χ2n) is 4.32. The fourth-order valence-electron chi connectivity index (χ4n) is 1.72. The second-order valence-corrected chi connectivity index (χ2v) is 5.32. The summed E-state index contributed by atoms with van der Waals surface area (Å²) in [7, 11) is 0. The largest absolute Gasteiger partial charge is 0.488 e. The minimum Gasteiger partial charge on any atom is -0.488 e. The van der Waals surface area contributed by atoms with Crippen molar-refractivity contribution in [2.75, 3.05) is 6.54 Å². The van der Waals surface area contributed by atoms with E-state index < -0.39 is 0 Å². The van der Waals surface area contributed by atoms with Crippen molar-refractivity contribution >= 4 is 11.3 Å². The van der Waals surface area contributed by atoms with Gasteiger partial charge in [0.05, 0.1) is 11.4 Å². The molecule has 19 heavy (non-hydrogen) atoms. The van der Waals surface area contributed by atoms with E-state index in [0.717, 1.165) is 21.8 Å². The van der Waals surface area contributed by atoms with Crippen LogP contribution in [0, 0.1) is 25.7 Å². The maximum Gasteiger partial charge on any atom is 0.124 e. The molecule has 0 spiro atoms. The smallest absolute Gasteiger partial charge is 0.124 e. The van der Waals surface area contributed by atoms with Crippen molar-refractivity contribution in [3.05, 3.63) is 51.2 Å². The van der Waals surface area contributed by atoms with Crippen molar-refractivity contribution in [2.45, 2.75) is 20.5 Å². The van der Waals surface area contributed by atoms with Gasteiger partial charge in [-0.05, 0) is 42.5 Å². The van der Waals surface area contributed by atoms with Crippen LogP contribution in [0.15, 0.2) is 29.6 Å². The normalized spacial score (nSPS) is 9.84. The van der Waals surface area contributed by atoms with Crippen molar-refractivity contribution in [1.82, 2.24) is 0 Å². The molecule has 0 fully saturated rings. The number of hydrogen-bond acceptors (Lipinski definition) is 3. The zero-order valence-corrected chi connectivity index (χ0v) is 12.0. The Bertz CT molecular complexity index is 619. The van der Waals surface area contributed by atoms with Crippen molar-refractivity contribution in [3.63, 3.8) is 0 Å². The number of ether oxygens (including phenoxy) is 1. The summed E-state index contributed by atoms with van der Waals surface area (Å²) in [6.07, 6.45) is 0. The molecule has 1 aromatic heterocycles. The van der Waals surface area contributed by atoms with E-state index in [4.69, 9.17) is 10.5 Å². The summed E-state index contributed by atoms with van der Waals surface area (Å²) in [5.74, 6) is 6.89. The fourth-order valence-corrected chi connectivity index (χ4v) is 2.46. The number of nitrogens with two attached hydrogens (primary N) is 1. The topological polar surface area (TPSA) is 35.2 Å². The fraction of sp³-hybridized carbons (Fsp3) is 0.250. The average Bonchev–Trinajstić information content (AvgIpc) is 2.85. The number of benzene rings is 1. The minimum absolute atomic E-state index is 0.382. The third kappa shape index (κ3) is 3.60. The zero-order chi connectivity index (χ0) is 13.7. The first-order valence-corrected chi connectivity index (χ1v) is 7.04. The van der Waals surface area contributed by atoms with Crippen LogP contribution >= 0.6 is 11.3 Å². The van der Waals surface area contributed by atoms with Gasteiger partial charge in [-0.2, -0.15) is 0 Å². The summed E-state index contributed by atoms with van der Waals surface area (Å²) < 4.78 is 5.89. The summed E-state index contributed by atoms with van der Waals surface area (Å²) in [5.41, 5.74) is 8.76. The molecule has 0 aliphatic rings. The van der Waals surface area contributed by atoms with Gasteiger partial charge in [-0.3, -0.25) is 0 Å². The summed E-state index contributed by atoms with van der Waals surface area (Å²) >= 11 is 1.66. The minimum atomic E-state index is 0.382. The Morgan fingerprint density at radius 2 is 2.11 bits per heavy atom. The first-order valence-electron chi connectivity index (χ1n) is 6.16. The number of aryl methyl sites for hydroxylation is 2. The van der Waals surface area contributed by atoms with Gasteiger partial charge >= 0.3 is 0 Å². The predicted octanol–water partition coefficient (Wildman–Crippen LogP) is 3.25. The molecule has 2 nitrogen and oxygen atoms in total. The molecule has 2 N–H and O–H groups in total. The van der Waals surface area contributed by atoms with E-state index in [9.17, 15) is 0 Å². The lowest BCUT2D eigenvalue weighted by atomic mass is 10.1. The lowest BCUT2D eigenvalue weighted by molar-refractivity contribution is 0.307. The van der Waals surface area contributed by atoms with Crippen molar-refractivity contribution in [2.24, 2.45) is 5.73 Å². The first kappa shape index (κ1) is 13.7. The summed E-state index contributed by atoms with van der Waals surface area (Å²) in [6.45, 7) is 5.05. The molecule has 0 atom stereocenters. The average molecular weight is 271 g/mol. The van der Waals surface area contributed by atoms with Crippen LogP contribution < -0.4 is 10.5 Å². The van der Waals surface area contributed by atoms with Gasteiger partial charge in [-0.1, -0.05) is 24.0 Å². The molecular weight excluding hydrogens is 254 g/mol. The quantitative estimate of drug-likeness (QED) is 0.870. The Morgan fingerprint density at radius 3 is 2.89 bits per heavy atom. The predicted molar refractivity (Wildman–Crippen MR) is 80.5 cm³/mol. The lowest BCUT2D eigenvalue weighted by Crippen LogP contribution is -1.97. The van der Waals surface area contributed by atoms with E-state index in [1.54, 1.807) is 11.3 Å². The molecule has 0 amide bonds. The first-order chi connectivity index (χ1) is 9.20. The Balaban J connectivity index is 2.10. The highest BCUT2D eigenvalue weighted by Crippen LogP contribution is 2.23. The molecule has 0 radical (unpaired) electrons. The molecule has 1 heterocycles. The maximum atomic E-state index is 5.89. The molecule has 0 saturated heterocycles. The molecule has 1 aromatic carbocycles. The van der Waals surface area contributed by atoms with Gasteiger partial charge < -0.3 is 10.5 Å². The van der Waals surface area contributed by atoms with E-state index >= 15 is 0 Å². The number of thiophene rings is 1. The molecule has 98 valence electrons. The van der Waals surface area contributed by atoms with Crippen molar-refractivity contribution in [3.8, 4) is 17.6 Å². The maximum absolute atomic E-state index is 5.89. The third-order valence-corrected chi connectivity index (χ3v) is 3.67. The van der Waals surface area contributed by atoms with Gasteiger partial charge in [0.2, 0.25) is 0 Å².